The number of hydrogen-bond acceptors (Lipinski definition) is 3. The molecule has 2 unspecified atom stereocenters. The van der Waals surface area contributed by atoms with Gasteiger partial charge in [-0.2, -0.15) is 0 Å². The molecule has 0 aromatic heterocycles. The van der Waals surface area contributed by atoms with E-state index < -0.39 is 12.0 Å². The average Bonchev–Trinajstić information content (AvgIpc) is 2.37. The lowest BCUT2D eigenvalue weighted by Crippen LogP contribution is -2.38. The predicted molar refractivity (Wildman–Crippen MR) is 66.3 cm³/mol. The minimum atomic E-state index is -4.73. The molecule has 1 aromatic rings. The van der Waals surface area contributed by atoms with Crippen molar-refractivity contribution in [2.75, 3.05) is 6.61 Å². The maximum Gasteiger partial charge on any atom is 0.573 e. The van der Waals surface area contributed by atoms with E-state index in [1.807, 2.05) is 6.92 Å². The predicted octanol–water partition coefficient (Wildman–Crippen LogP) is 3.36. The minimum Gasteiger partial charge on any atom is -0.406 e. The molecule has 1 fully saturated rings. The highest BCUT2D eigenvalue weighted by atomic mass is 19.4. The molecule has 1 N–H and O–H groups in total. The summed E-state index contributed by atoms with van der Waals surface area (Å²) < 4.78 is 46.0. The third-order valence-electron chi connectivity index (χ3n) is 3.49. The van der Waals surface area contributed by atoms with Crippen molar-refractivity contribution in [2.45, 2.75) is 44.3 Å². The Balaban J connectivity index is 2.21. The Morgan fingerprint density at radius 3 is 2.85 bits per heavy atom. The molecule has 1 aliphatic heterocycles. The van der Waals surface area contributed by atoms with Crippen LogP contribution in [0.15, 0.2) is 24.3 Å². The average molecular weight is 290 g/mol. The maximum absolute atomic E-state index is 12.2. The number of halogens is 3. The van der Waals surface area contributed by atoms with Gasteiger partial charge in [-0.3, -0.25) is 0 Å². The van der Waals surface area contributed by atoms with Crippen molar-refractivity contribution in [1.29, 1.82) is 0 Å². The van der Waals surface area contributed by atoms with Gasteiger partial charge in [-0.15, -0.1) is 13.2 Å². The van der Waals surface area contributed by atoms with Crippen LogP contribution >= 0.6 is 0 Å². The molecule has 0 radical (unpaired) electrons. The lowest BCUT2D eigenvalue weighted by molar-refractivity contribution is -0.274. The van der Waals surface area contributed by atoms with Crippen LogP contribution in [0.5, 0.6) is 5.75 Å². The van der Waals surface area contributed by atoms with Crippen molar-refractivity contribution in [3.05, 3.63) is 29.8 Å². The lowest BCUT2D eigenvalue weighted by Gasteiger charge is -2.37. The first-order valence-electron chi connectivity index (χ1n) is 6.53. The Morgan fingerprint density at radius 2 is 2.20 bits per heavy atom. The fraction of sp³-hybridized carbons (Fsp3) is 0.571. The number of aliphatic hydroxyl groups is 1. The fourth-order valence-corrected chi connectivity index (χ4v) is 2.44. The van der Waals surface area contributed by atoms with E-state index in [1.54, 1.807) is 6.07 Å². The van der Waals surface area contributed by atoms with Gasteiger partial charge in [0, 0.05) is 12.8 Å². The monoisotopic (exact) mass is 290 g/mol. The summed E-state index contributed by atoms with van der Waals surface area (Å²) in [5.41, 5.74) is -0.731. The van der Waals surface area contributed by atoms with E-state index in [0.29, 0.717) is 25.0 Å². The van der Waals surface area contributed by atoms with Crippen molar-refractivity contribution >= 4 is 0 Å². The van der Waals surface area contributed by atoms with Gasteiger partial charge in [0.2, 0.25) is 0 Å². The number of alkyl halides is 3. The zero-order chi connectivity index (χ0) is 14.8. The summed E-state index contributed by atoms with van der Waals surface area (Å²) in [6, 6.07) is 5.52. The van der Waals surface area contributed by atoms with E-state index in [9.17, 15) is 18.3 Å². The Labute approximate surface area is 115 Å². The molecule has 2 rings (SSSR count). The Morgan fingerprint density at radius 1 is 1.45 bits per heavy atom. The normalized spacial score (nSPS) is 27.4. The minimum absolute atomic E-state index is 0.0825. The van der Waals surface area contributed by atoms with Crippen LogP contribution in [0.25, 0.3) is 0 Å². The maximum atomic E-state index is 12.2. The van der Waals surface area contributed by atoms with Crippen LogP contribution in [-0.4, -0.2) is 24.2 Å². The van der Waals surface area contributed by atoms with E-state index >= 15 is 0 Å². The van der Waals surface area contributed by atoms with Crippen LogP contribution in [0.3, 0.4) is 0 Å². The second-order valence-corrected chi connectivity index (χ2v) is 4.96. The molecule has 6 heteroatoms. The molecule has 112 valence electrons. The van der Waals surface area contributed by atoms with Gasteiger partial charge in [-0.05, 0) is 24.1 Å². The second kappa shape index (κ2) is 5.61. The molecule has 20 heavy (non-hydrogen) atoms. The first-order chi connectivity index (χ1) is 9.32. The van der Waals surface area contributed by atoms with Gasteiger partial charge in [-0.1, -0.05) is 19.1 Å². The lowest BCUT2D eigenvalue weighted by atomic mass is 9.83. The molecule has 2 atom stereocenters. The molecule has 3 nitrogen and oxygen atoms in total. The second-order valence-electron chi connectivity index (χ2n) is 4.96. The summed E-state index contributed by atoms with van der Waals surface area (Å²) >= 11 is 0. The van der Waals surface area contributed by atoms with Gasteiger partial charge in [0.25, 0.3) is 0 Å². The Kier molecular flexibility index (Phi) is 4.25. The van der Waals surface area contributed by atoms with Crippen LogP contribution in [0.1, 0.15) is 31.7 Å². The van der Waals surface area contributed by atoms with Crippen LogP contribution < -0.4 is 4.74 Å². The summed E-state index contributed by atoms with van der Waals surface area (Å²) in [6.07, 6.45) is -3.33. The summed E-state index contributed by atoms with van der Waals surface area (Å²) in [7, 11) is 0. The van der Waals surface area contributed by atoms with Crippen LogP contribution in [-0.2, 0) is 10.3 Å². The third kappa shape index (κ3) is 3.64. The third-order valence-corrected chi connectivity index (χ3v) is 3.49. The molecule has 0 spiro atoms. The largest absolute Gasteiger partial charge is 0.573 e. The summed E-state index contributed by atoms with van der Waals surface area (Å²) in [5.74, 6) is -0.317. The topological polar surface area (TPSA) is 38.7 Å². The molecule has 0 amide bonds. The van der Waals surface area contributed by atoms with E-state index in [0.717, 1.165) is 6.42 Å². The first-order valence-corrected chi connectivity index (χ1v) is 6.53. The van der Waals surface area contributed by atoms with E-state index in [4.69, 9.17) is 4.74 Å². The molecule has 0 aliphatic carbocycles. The number of rotatable bonds is 3. The highest BCUT2D eigenvalue weighted by Crippen LogP contribution is 2.37. The molecule has 0 saturated carbocycles. The van der Waals surface area contributed by atoms with Crippen molar-refractivity contribution in [1.82, 2.24) is 0 Å². The van der Waals surface area contributed by atoms with Crippen molar-refractivity contribution in [2.24, 2.45) is 0 Å². The van der Waals surface area contributed by atoms with Gasteiger partial charge < -0.3 is 14.6 Å². The number of benzene rings is 1. The van der Waals surface area contributed by atoms with E-state index in [2.05, 4.69) is 4.74 Å². The molecular weight excluding hydrogens is 273 g/mol. The van der Waals surface area contributed by atoms with Crippen molar-refractivity contribution in [3.8, 4) is 5.75 Å². The SMILES string of the molecule is CCC1CC(O)(c2cccc(OC(F)(F)F)c2)CCO1. The first kappa shape index (κ1) is 15.1. The highest BCUT2D eigenvalue weighted by molar-refractivity contribution is 5.33. The number of hydrogen-bond donors (Lipinski definition) is 1. The van der Waals surface area contributed by atoms with Gasteiger partial charge >= 0.3 is 6.36 Å². The number of ether oxygens (including phenoxy) is 2. The summed E-state index contributed by atoms with van der Waals surface area (Å²) in [5, 5.41) is 10.7. The zero-order valence-electron chi connectivity index (χ0n) is 11.1. The summed E-state index contributed by atoms with van der Waals surface area (Å²) in [6.45, 7) is 2.33. The van der Waals surface area contributed by atoms with Crippen molar-refractivity contribution < 1.29 is 27.8 Å². The quantitative estimate of drug-likeness (QED) is 0.927. The fourth-order valence-electron chi connectivity index (χ4n) is 2.44. The van der Waals surface area contributed by atoms with E-state index in [-0.39, 0.29) is 11.9 Å². The molecule has 1 aliphatic rings. The van der Waals surface area contributed by atoms with Crippen LogP contribution in [0, 0.1) is 0 Å². The molecule has 1 aromatic carbocycles. The molecule has 1 heterocycles. The van der Waals surface area contributed by atoms with Gasteiger partial charge in [-0.25, -0.2) is 0 Å². The van der Waals surface area contributed by atoms with E-state index in [1.165, 1.54) is 18.2 Å². The summed E-state index contributed by atoms with van der Waals surface area (Å²) in [4.78, 5) is 0. The Hall–Kier alpha value is -1.27. The standard InChI is InChI=1S/C14H17F3O3/c1-2-11-9-13(18,6-7-19-11)10-4-3-5-12(8-10)20-14(15,16)17/h3-5,8,11,18H,2,6-7,9H2,1H3. The van der Waals surface area contributed by atoms with Crippen LogP contribution in [0.2, 0.25) is 0 Å². The van der Waals surface area contributed by atoms with Gasteiger partial charge in [0.15, 0.2) is 0 Å². The van der Waals surface area contributed by atoms with Crippen LogP contribution in [0.4, 0.5) is 13.2 Å². The zero-order valence-corrected chi connectivity index (χ0v) is 11.1. The van der Waals surface area contributed by atoms with Crippen molar-refractivity contribution in [3.63, 3.8) is 0 Å². The molecule has 0 bridgehead atoms. The molecular formula is C14H17F3O3. The Bertz CT molecular complexity index is 461. The van der Waals surface area contributed by atoms with Gasteiger partial charge in [0.05, 0.1) is 18.3 Å². The highest BCUT2D eigenvalue weighted by Gasteiger charge is 2.37. The van der Waals surface area contributed by atoms with Gasteiger partial charge in [0.1, 0.15) is 5.75 Å². The molecule has 1 saturated heterocycles. The smallest absolute Gasteiger partial charge is 0.406 e.